The predicted octanol–water partition coefficient (Wildman–Crippen LogP) is 2.11. The minimum absolute atomic E-state index is 0.136. The fraction of sp³-hybridized carbons (Fsp3) is 0.474. The summed E-state index contributed by atoms with van der Waals surface area (Å²) in [5, 5.41) is 3.51. The lowest BCUT2D eigenvalue weighted by Crippen LogP contribution is -2.44. The summed E-state index contributed by atoms with van der Waals surface area (Å²) in [7, 11) is 0. The second-order valence-electron chi connectivity index (χ2n) is 7.23. The topological polar surface area (TPSA) is 46.9 Å². The van der Waals surface area contributed by atoms with Crippen molar-refractivity contribution in [2.24, 2.45) is 5.92 Å². The monoisotopic (exact) mass is 307 g/mol. The molecule has 0 aromatic carbocycles. The van der Waals surface area contributed by atoms with Gasteiger partial charge in [0.25, 0.3) is 5.56 Å². The first kappa shape index (κ1) is 13.5. The molecule has 23 heavy (non-hydrogen) atoms. The summed E-state index contributed by atoms with van der Waals surface area (Å²) in [6.07, 6.45) is 4.62. The first-order chi connectivity index (χ1) is 11.3. The van der Waals surface area contributed by atoms with Crippen LogP contribution >= 0.6 is 0 Å². The van der Waals surface area contributed by atoms with Crippen molar-refractivity contribution in [1.82, 2.24) is 14.9 Å². The molecule has 5 rings (SSSR count). The number of aryl methyl sites for hydroxylation is 2. The number of pyridine rings is 2. The molecule has 2 bridgehead atoms. The molecule has 3 aliphatic rings. The van der Waals surface area contributed by atoms with Gasteiger partial charge in [-0.3, -0.25) is 9.78 Å². The zero-order valence-corrected chi connectivity index (χ0v) is 13.2. The van der Waals surface area contributed by atoms with Crippen molar-refractivity contribution >= 4 is 0 Å². The lowest BCUT2D eigenvalue weighted by atomic mass is 9.83. The second-order valence-corrected chi connectivity index (χ2v) is 7.23. The molecule has 0 radical (unpaired) electrons. The predicted molar refractivity (Wildman–Crippen MR) is 89.7 cm³/mol. The van der Waals surface area contributed by atoms with Crippen LogP contribution in [-0.2, 0) is 19.4 Å². The van der Waals surface area contributed by atoms with Crippen molar-refractivity contribution in [3.8, 4) is 11.3 Å². The average molecular weight is 307 g/mol. The van der Waals surface area contributed by atoms with Gasteiger partial charge in [-0.1, -0.05) is 6.07 Å². The van der Waals surface area contributed by atoms with E-state index in [0.717, 1.165) is 43.7 Å². The zero-order chi connectivity index (χ0) is 15.4. The number of hydrogen-bond donors (Lipinski definition) is 1. The molecule has 1 fully saturated rings. The van der Waals surface area contributed by atoms with Crippen molar-refractivity contribution in [2.75, 3.05) is 13.1 Å². The van der Waals surface area contributed by atoms with Gasteiger partial charge in [-0.25, -0.2) is 0 Å². The Labute approximate surface area is 135 Å². The Morgan fingerprint density at radius 1 is 1.17 bits per heavy atom. The Hall–Kier alpha value is -1.94. The quantitative estimate of drug-likeness (QED) is 0.878. The van der Waals surface area contributed by atoms with E-state index in [1.54, 1.807) is 6.07 Å². The fourth-order valence-electron chi connectivity index (χ4n) is 4.53. The summed E-state index contributed by atoms with van der Waals surface area (Å²) in [6.45, 7) is 2.88. The van der Waals surface area contributed by atoms with Crippen LogP contribution in [0.25, 0.3) is 11.3 Å². The van der Waals surface area contributed by atoms with E-state index >= 15 is 0 Å². The molecule has 0 spiro atoms. The van der Waals surface area contributed by atoms with Crippen LogP contribution in [0.2, 0.25) is 0 Å². The Bertz CT molecular complexity index is 839. The fourth-order valence-corrected chi connectivity index (χ4v) is 4.53. The van der Waals surface area contributed by atoms with Gasteiger partial charge in [-0.15, -0.1) is 0 Å². The highest BCUT2D eigenvalue weighted by Gasteiger charge is 2.31. The van der Waals surface area contributed by atoms with E-state index in [1.807, 2.05) is 4.57 Å². The number of fused-ring (bicyclic) bond motifs is 5. The summed E-state index contributed by atoms with van der Waals surface area (Å²) in [6, 6.07) is 8.27. The van der Waals surface area contributed by atoms with Crippen molar-refractivity contribution in [3.63, 3.8) is 0 Å². The molecule has 1 N–H and O–H groups in total. The van der Waals surface area contributed by atoms with Crippen molar-refractivity contribution < 1.29 is 0 Å². The van der Waals surface area contributed by atoms with Gasteiger partial charge >= 0.3 is 0 Å². The molecule has 2 atom stereocenters. The lowest BCUT2D eigenvalue weighted by molar-refractivity contribution is 0.257. The molecular formula is C19H21N3O. The van der Waals surface area contributed by atoms with E-state index in [1.165, 1.54) is 29.8 Å². The van der Waals surface area contributed by atoms with Gasteiger partial charge in [0, 0.05) is 42.0 Å². The number of nitrogens with zero attached hydrogens (tertiary/aromatic N) is 2. The highest BCUT2D eigenvalue weighted by Crippen LogP contribution is 2.33. The Kier molecular flexibility index (Phi) is 2.95. The SMILES string of the molecule is O=c1cc(-c2ccc3c(n2)CCC3)cc2n1C[C@@H]1CNC[C@H]2C1. The third-order valence-electron chi connectivity index (χ3n) is 5.68. The van der Waals surface area contributed by atoms with E-state index < -0.39 is 0 Å². The highest BCUT2D eigenvalue weighted by molar-refractivity contribution is 5.60. The molecule has 1 aliphatic carbocycles. The molecule has 118 valence electrons. The molecule has 2 aromatic rings. The summed E-state index contributed by atoms with van der Waals surface area (Å²) in [5.74, 6) is 1.06. The summed E-state index contributed by atoms with van der Waals surface area (Å²) >= 11 is 0. The number of hydrogen-bond acceptors (Lipinski definition) is 3. The first-order valence-corrected chi connectivity index (χ1v) is 8.72. The van der Waals surface area contributed by atoms with Crippen LogP contribution in [-0.4, -0.2) is 22.6 Å². The minimum atomic E-state index is 0.136. The molecule has 2 aliphatic heterocycles. The Balaban J connectivity index is 1.62. The molecule has 0 unspecified atom stereocenters. The van der Waals surface area contributed by atoms with Gasteiger partial charge in [0.2, 0.25) is 0 Å². The van der Waals surface area contributed by atoms with Gasteiger partial charge in [-0.2, -0.15) is 0 Å². The Morgan fingerprint density at radius 3 is 3.09 bits per heavy atom. The Morgan fingerprint density at radius 2 is 2.13 bits per heavy atom. The lowest BCUT2D eigenvalue weighted by Gasteiger charge is -2.37. The van der Waals surface area contributed by atoms with Crippen LogP contribution in [0.5, 0.6) is 0 Å². The van der Waals surface area contributed by atoms with Gasteiger partial charge < -0.3 is 9.88 Å². The number of rotatable bonds is 1. The maximum Gasteiger partial charge on any atom is 0.251 e. The molecule has 4 heterocycles. The molecule has 0 amide bonds. The zero-order valence-electron chi connectivity index (χ0n) is 13.2. The highest BCUT2D eigenvalue weighted by atomic mass is 16.1. The van der Waals surface area contributed by atoms with Gasteiger partial charge in [0.15, 0.2) is 0 Å². The van der Waals surface area contributed by atoms with Gasteiger partial charge in [0.05, 0.1) is 5.69 Å². The van der Waals surface area contributed by atoms with E-state index in [2.05, 4.69) is 23.5 Å². The maximum absolute atomic E-state index is 12.6. The first-order valence-electron chi connectivity index (χ1n) is 8.72. The van der Waals surface area contributed by atoms with Crippen molar-refractivity contribution in [1.29, 1.82) is 0 Å². The average Bonchev–Trinajstić information content (AvgIpc) is 3.03. The number of piperidine rings is 1. The van der Waals surface area contributed by atoms with Crippen LogP contribution in [0.4, 0.5) is 0 Å². The third kappa shape index (κ3) is 2.16. The molecule has 1 saturated heterocycles. The van der Waals surface area contributed by atoms with Crippen LogP contribution in [0, 0.1) is 5.92 Å². The summed E-state index contributed by atoms with van der Waals surface area (Å²) in [4.78, 5) is 17.5. The van der Waals surface area contributed by atoms with Gasteiger partial charge in [0.1, 0.15) is 0 Å². The van der Waals surface area contributed by atoms with Crippen LogP contribution < -0.4 is 10.9 Å². The largest absolute Gasteiger partial charge is 0.316 e. The van der Waals surface area contributed by atoms with E-state index in [9.17, 15) is 4.79 Å². The van der Waals surface area contributed by atoms with Crippen LogP contribution in [0.3, 0.4) is 0 Å². The van der Waals surface area contributed by atoms with E-state index in [-0.39, 0.29) is 5.56 Å². The van der Waals surface area contributed by atoms with E-state index in [4.69, 9.17) is 4.98 Å². The molecule has 4 nitrogen and oxygen atoms in total. The van der Waals surface area contributed by atoms with Crippen molar-refractivity contribution in [3.05, 3.63) is 51.6 Å². The minimum Gasteiger partial charge on any atom is -0.316 e. The summed E-state index contributed by atoms with van der Waals surface area (Å²) < 4.78 is 2.00. The maximum atomic E-state index is 12.6. The number of aromatic nitrogens is 2. The van der Waals surface area contributed by atoms with Crippen LogP contribution in [0.1, 0.15) is 35.7 Å². The smallest absolute Gasteiger partial charge is 0.251 e. The molecule has 2 aromatic heterocycles. The van der Waals surface area contributed by atoms with E-state index in [0.29, 0.717) is 11.8 Å². The van der Waals surface area contributed by atoms with Crippen LogP contribution in [0.15, 0.2) is 29.1 Å². The molecule has 4 heteroatoms. The van der Waals surface area contributed by atoms with Crippen molar-refractivity contribution in [2.45, 2.75) is 38.1 Å². The standard InChI is InChI=1S/C19H21N3O/c23-19-8-14(17-5-4-13-2-1-3-16(13)21-17)7-18-15-6-12(9-20-10-15)11-22(18)19/h4-5,7-8,12,15,20H,1-3,6,9-11H2/t12-,15+/m0/s1. The molecule has 0 saturated carbocycles. The van der Waals surface area contributed by atoms with Gasteiger partial charge in [-0.05, 0) is 55.8 Å². The third-order valence-corrected chi connectivity index (χ3v) is 5.68. The normalized spacial score (nSPS) is 25.0. The molecular weight excluding hydrogens is 286 g/mol. The summed E-state index contributed by atoms with van der Waals surface area (Å²) in [5.41, 5.74) is 5.87. The number of nitrogens with one attached hydrogen (secondary N) is 1. The second kappa shape index (κ2) is 5.03.